The number of aromatic nitrogens is 1. The molecule has 1 fully saturated rings. The Morgan fingerprint density at radius 2 is 1.71 bits per heavy atom. The number of ether oxygens (including phenoxy) is 1. The van der Waals surface area contributed by atoms with Crippen LogP contribution >= 0.6 is 11.8 Å². The quantitative estimate of drug-likeness (QED) is 0.0949. The number of hydrogen-bond acceptors (Lipinski definition) is 5. The molecule has 0 unspecified atom stereocenters. The molecule has 0 N–H and O–H groups in total. The second-order valence-electron chi connectivity index (χ2n) is 11.8. The van der Waals surface area contributed by atoms with Gasteiger partial charge in [-0.3, -0.25) is 9.59 Å². The lowest BCUT2D eigenvalue weighted by Gasteiger charge is -2.39. The van der Waals surface area contributed by atoms with Crippen molar-refractivity contribution in [3.05, 3.63) is 135 Å². The first-order chi connectivity index (χ1) is 29.7. The van der Waals surface area contributed by atoms with Gasteiger partial charge in [-0.25, -0.2) is 8.78 Å². The van der Waals surface area contributed by atoms with Gasteiger partial charge in [0.15, 0.2) is 17.1 Å². The van der Waals surface area contributed by atoms with Gasteiger partial charge in [-0.15, -0.1) is 11.8 Å². The molecule has 5 aromatic rings. The molecule has 0 atom stereocenters. The number of halogens is 5. The van der Waals surface area contributed by atoms with Crippen LogP contribution in [0.3, 0.4) is 0 Å². The minimum absolute atomic E-state index is 0.0204. The van der Waals surface area contributed by atoms with Crippen molar-refractivity contribution in [1.82, 2.24) is 14.4 Å². The molecule has 1 amide bonds. The number of carbonyl (C=O) groups is 1. The van der Waals surface area contributed by atoms with Crippen LogP contribution in [-0.2, 0) is 34.5 Å². The van der Waals surface area contributed by atoms with E-state index in [0.717, 1.165) is 23.1 Å². The van der Waals surface area contributed by atoms with Crippen LogP contribution in [0.15, 0.2) is 107 Å². The topological polar surface area (TPSA) is 54.8 Å². The van der Waals surface area contributed by atoms with Gasteiger partial charge in [0.05, 0.1) is 36.4 Å². The number of carbonyl (C=O) groups excluding carboxylic acids is 1. The maximum atomic E-state index is 15.1. The van der Waals surface area contributed by atoms with Gasteiger partial charge in [0.1, 0.15) is 6.50 Å². The van der Waals surface area contributed by atoms with Crippen LogP contribution in [0.5, 0.6) is 0 Å². The molecule has 1 saturated heterocycles. The Kier molecular flexibility index (Phi) is 7.80. The monoisotopic (exact) mass is 747 g/mol. The van der Waals surface area contributed by atoms with Crippen LogP contribution in [0.2, 0.25) is 0 Å². The predicted molar refractivity (Wildman–Crippen MR) is 193 cm³/mol. The molecule has 1 aromatic heterocycles. The number of fused-ring (bicyclic) bond motifs is 1. The summed E-state index contributed by atoms with van der Waals surface area (Å²) >= 11 is 0.453. The fraction of sp³-hybridized carbons (Fsp3) is 0.300. The average molecular weight is 748 g/mol. The fourth-order valence-corrected chi connectivity index (χ4v) is 6.75. The number of piperidine rings is 1. The van der Waals surface area contributed by atoms with E-state index < -0.39 is 119 Å². The van der Waals surface area contributed by atoms with Gasteiger partial charge in [0, 0.05) is 64.7 Å². The first-order valence-corrected chi connectivity index (χ1v) is 16.9. The van der Waals surface area contributed by atoms with Crippen molar-refractivity contribution < 1.29 is 47.9 Å². The van der Waals surface area contributed by atoms with Gasteiger partial charge in [-0.1, -0.05) is 60.6 Å². The molecule has 0 spiro atoms. The minimum atomic E-state index is -4.56. The number of nitrogens with zero attached hydrogens (tertiary/aromatic N) is 3. The van der Waals surface area contributed by atoms with E-state index in [4.69, 9.17) is 18.4 Å². The molecule has 0 saturated carbocycles. The zero-order valence-corrected chi connectivity index (χ0v) is 28.1. The standard InChI is InChI=1S/C40H38F5N3O3S/c1-51-22-21-46-19-17-32(18-20-46)47(24-27-9-11-28(12-10-27)29-13-15-31(16-14-29)40(43,44)45)37(50)25-48-35-8-3-2-6-33(35)36(49)23-38(48)52-26-30-5-4-7-34(41)39(30)42/h2-16,23,32H,17-22,24-26H2,1H3/i1D3,2D,3D,6D,8D,21D2,23D,25D2. The highest BCUT2D eigenvalue weighted by Gasteiger charge is 2.31. The van der Waals surface area contributed by atoms with Crippen LogP contribution in [-0.4, -0.2) is 59.5 Å². The summed E-state index contributed by atoms with van der Waals surface area (Å²) in [5, 5.41) is -1.46. The number of hydrogen-bond donors (Lipinski definition) is 0. The van der Waals surface area contributed by atoms with Crippen molar-refractivity contribution >= 4 is 28.6 Å². The fourth-order valence-electron chi connectivity index (χ4n) is 5.81. The Balaban J connectivity index is 1.45. The number of methoxy groups -OCH3 is 1. The van der Waals surface area contributed by atoms with Crippen molar-refractivity contribution in [2.24, 2.45) is 0 Å². The summed E-state index contributed by atoms with van der Waals surface area (Å²) < 4.78 is 175. The lowest BCUT2D eigenvalue weighted by atomic mass is 10.00. The van der Waals surface area contributed by atoms with Crippen molar-refractivity contribution in [3.63, 3.8) is 0 Å². The molecule has 0 radical (unpaired) electrons. The van der Waals surface area contributed by atoms with E-state index in [2.05, 4.69) is 0 Å². The smallest absolute Gasteiger partial charge is 0.383 e. The maximum Gasteiger partial charge on any atom is 0.416 e. The Morgan fingerprint density at radius 3 is 2.40 bits per heavy atom. The van der Waals surface area contributed by atoms with E-state index in [1.165, 1.54) is 29.2 Å². The number of pyridine rings is 1. The zero-order valence-electron chi connectivity index (χ0n) is 39.2. The van der Waals surface area contributed by atoms with Crippen molar-refractivity contribution in [3.8, 4) is 11.1 Å². The van der Waals surface area contributed by atoms with Crippen LogP contribution in [0, 0.1) is 11.6 Å². The van der Waals surface area contributed by atoms with E-state index in [0.29, 0.717) is 33.0 Å². The molecule has 272 valence electrons. The molecule has 1 aliphatic rings. The molecule has 52 heavy (non-hydrogen) atoms. The SMILES string of the molecule is [2H]c1c([2H])c([2H])c2c(c1[2H])c(=O)c([2H])c(SCc1cccc(F)c1F)n2C([2H])([2H])C(=O)N(Cc1ccc(-c2ccc(C(F)(F)F)cc2)cc1)C1CCN(C([2H])([2H])COC([2H])([2H])[2H])CC1. The largest absolute Gasteiger partial charge is 0.416 e. The van der Waals surface area contributed by atoms with Crippen molar-refractivity contribution in [1.29, 1.82) is 0 Å². The van der Waals surface area contributed by atoms with E-state index in [1.807, 2.05) is 0 Å². The normalized spacial score (nSPS) is 18.3. The van der Waals surface area contributed by atoms with Crippen molar-refractivity contribution in [2.45, 2.75) is 48.9 Å². The molecule has 6 rings (SSSR count). The summed E-state index contributed by atoms with van der Waals surface area (Å²) in [6.07, 6.45) is -4.60. The summed E-state index contributed by atoms with van der Waals surface area (Å²) in [4.78, 5) is 31.3. The van der Waals surface area contributed by atoms with E-state index >= 15 is 4.79 Å². The number of thioether (sulfide) groups is 1. The molecule has 2 heterocycles. The first-order valence-electron chi connectivity index (χ1n) is 21.9. The number of para-hydroxylation sites is 1. The lowest BCUT2D eigenvalue weighted by Crippen LogP contribution is -2.48. The van der Waals surface area contributed by atoms with Gasteiger partial charge in [0.25, 0.3) is 0 Å². The van der Waals surface area contributed by atoms with Gasteiger partial charge < -0.3 is 19.1 Å². The zero-order chi connectivity index (χ0) is 47.3. The Morgan fingerprint density at radius 1 is 1.02 bits per heavy atom. The Bertz CT molecular complexity index is 2630. The minimum Gasteiger partial charge on any atom is -0.383 e. The van der Waals surface area contributed by atoms with Gasteiger partial charge >= 0.3 is 6.18 Å². The van der Waals surface area contributed by atoms with Gasteiger partial charge in [0.2, 0.25) is 5.91 Å². The molecule has 4 aromatic carbocycles. The molecule has 1 aliphatic heterocycles. The van der Waals surface area contributed by atoms with Gasteiger partial charge in [-0.05, 0) is 59.8 Å². The number of alkyl halides is 3. The molecule has 0 bridgehead atoms. The lowest BCUT2D eigenvalue weighted by molar-refractivity contribution is -0.137. The highest BCUT2D eigenvalue weighted by Crippen LogP contribution is 2.32. The Labute approximate surface area is 319 Å². The maximum absolute atomic E-state index is 15.1. The van der Waals surface area contributed by atoms with Crippen LogP contribution in [0.25, 0.3) is 22.0 Å². The van der Waals surface area contributed by atoms with Crippen molar-refractivity contribution in [2.75, 3.05) is 33.2 Å². The predicted octanol–water partition coefficient (Wildman–Crippen LogP) is 8.40. The average Bonchev–Trinajstić information content (AvgIpc) is 3.24. The number of benzene rings is 4. The third kappa shape index (κ3) is 8.74. The summed E-state index contributed by atoms with van der Waals surface area (Å²) in [5.41, 5.74) is -1.86. The van der Waals surface area contributed by atoms with E-state index in [1.54, 1.807) is 24.3 Å². The van der Waals surface area contributed by atoms with E-state index in [9.17, 15) is 29.5 Å². The third-order valence-electron chi connectivity index (χ3n) is 8.52. The van der Waals surface area contributed by atoms with Gasteiger partial charge in [-0.2, -0.15) is 13.2 Å². The van der Waals surface area contributed by atoms with Crippen LogP contribution in [0.4, 0.5) is 22.0 Å². The van der Waals surface area contributed by atoms with E-state index in [-0.39, 0.29) is 38.0 Å². The number of rotatable bonds is 12. The highest BCUT2D eigenvalue weighted by molar-refractivity contribution is 7.98. The molecule has 12 heteroatoms. The Hall–Kier alpha value is -4.52. The third-order valence-corrected chi connectivity index (χ3v) is 9.54. The van der Waals surface area contributed by atoms with Crippen LogP contribution in [0.1, 0.15) is 46.0 Å². The highest BCUT2D eigenvalue weighted by atomic mass is 32.2. The second-order valence-corrected chi connectivity index (χ2v) is 12.8. The van der Waals surface area contributed by atoms with Crippen LogP contribution < -0.4 is 5.43 Å². The number of amides is 1. The second kappa shape index (κ2) is 16.4. The number of likely N-dealkylation sites (tertiary alicyclic amines) is 1. The summed E-state index contributed by atoms with van der Waals surface area (Å²) in [5.74, 6) is -4.39. The molecule has 6 nitrogen and oxygen atoms in total. The molecular formula is C40H38F5N3O3S. The molecule has 0 aliphatic carbocycles. The summed E-state index contributed by atoms with van der Waals surface area (Å²) in [6.45, 7) is -7.06. The first kappa shape index (κ1) is 24.7. The summed E-state index contributed by atoms with van der Waals surface area (Å²) in [6, 6.07) is 8.29. The molecular weight excluding hydrogens is 698 g/mol. The summed E-state index contributed by atoms with van der Waals surface area (Å²) in [7, 11) is -2.89.